The Hall–Kier alpha value is -0.830. The number of hydrogen-bond acceptors (Lipinski definition) is 4. The third-order valence-electron chi connectivity index (χ3n) is 4.04. The number of rotatable bonds is 5. The molecule has 1 atom stereocenters. The minimum Gasteiger partial charge on any atom is -0.506 e. The lowest BCUT2D eigenvalue weighted by Gasteiger charge is -2.38. The molecule has 1 fully saturated rings. The molecule has 0 aromatic heterocycles. The first kappa shape index (κ1) is 21.2. The molecule has 0 aliphatic carbocycles. The van der Waals surface area contributed by atoms with Crippen LogP contribution in [0.1, 0.15) is 13.8 Å². The second-order valence-electron chi connectivity index (χ2n) is 5.70. The molecular formula is C17H29IN4OS. The Morgan fingerprint density at radius 3 is 2.54 bits per heavy atom. The van der Waals surface area contributed by atoms with Crippen molar-refractivity contribution in [2.24, 2.45) is 4.99 Å². The van der Waals surface area contributed by atoms with E-state index in [0.29, 0.717) is 11.0 Å². The van der Waals surface area contributed by atoms with Crippen LogP contribution in [0.2, 0.25) is 0 Å². The van der Waals surface area contributed by atoms with Crippen molar-refractivity contribution in [3.8, 4) is 5.75 Å². The van der Waals surface area contributed by atoms with Crippen LogP contribution in [0.15, 0.2) is 29.3 Å². The van der Waals surface area contributed by atoms with Crippen LogP contribution < -0.4 is 10.2 Å². The molecule has 0 saturated carbocycles. The molecule has 1 aromatic rings. The maximum Gasteiger partial charge on any atom is 0.194 e. The summed E-state index contributed by atoms with van der Waals surface area (Å²) in [5, 5.41) is 13.9. The number of thioether (sulfide) groups is 1. The number of hydrogen-bond donors (Lipinski definition) is 2. The fraction of sp³-hybridized carbons (Fsp3) is 0.588. The highest BCUT2D eigenvalue weighted by Crippen LogP contribution is 2.27. The maximum absolute atomic E-state index is 10.0. The molecule has 0 bridgehead atoms. The number of guanidine groups is 1. The molecule has 1 saturated heterocycles. The van der Waals surface area contributed by atoms with E-state index >= 15 is 0 Å². The number of nitrogens with one attached hydrogen (secondary N) is 1. The lowest BCUT2D eigenvalue weighted by molar-refractivity contribution is 0.370. The molecule has 1 unspecified atom stereocenters. The SMILES string of the molecule is CCNC(=NCC(C)SC)N1CCN(c2ccccc2O)CC1.I. The van der Waals surface area contributed by atoms with Crippen LogP contribution in [0, 0.1) is 0 Å². The van der Waals surface area contributed by atoms with Gasteiger partial charge in [-0.1, -0.05) is 19.1 Å². The van der Waals surface area contributed by atoms with Gasteiger partial charge in [-0.3, -0.25) is 4.99 Å². The quantitative estimate of drug-likeness (QED) is 0.399. The molecule has 5 nitrogen and oxygen atoms in total. The zero-order valence-corrected chi connectivity index (χ0v) is 17.9. The molecule has 2 rings (SSSR count). The first-order valence-electron chi connectivity index (χ1n) is 8.24. The maximum atomic E-state index is 10.0. The fourth-order valence-corrected chi connectivity index (χ4v) is 2.83. The molecule has 0 spiro atoms. The Bertz CT molecular complexity index is 521. The van der Waals surface area contributed by atoms with E-state index in [1.54, 1.807) is 6.07 Å². The summed E-state index contributed by atoms with van der Waals surface area (Å²) in [6, 6.07) is 7.55. The van der Waals surface area contributed by atoms with Crippen LogP contribution in [0.3, 0.4) is 0 Å². The van der Waals surface area contributed by atoms with E-state index in [4.69, 9.17) is 4.99 Å². The predicted molar refractivity (Wildman–Crippen MR) is 116 cm³/mol. The van der Waals surface area contributed by atoms with Crippen molar-refractivity contribution in [2.75, 3.05) is 50.4 Å². The number of phenolic OH excluding ortho intramolecular Hbond substituents is 1. The van der Waals surface area contributed by atoms with Crippen molar-refractivity contribution in [3.63, 3.8) is 0 Å². The Labute approximate surface area is 166 Å². The van der Waals surface area contributed by atoms with Gasteiger partial charge in [-0.15, -0.1) is 24.0 Å². The number of aromatic hydroxyl groups is 1. The van der Waals surface area contributed by atoms with Gasteiger partial charge in [0, 0.05) is 38.0 Å². The Morgan fingerprint density at radius 2 is 1.96 bits per heavy atom. The van der Waals surface area contributed by atoms with Crippen LogP contribution in [0.25, 0.3) is 0 Å². The highest BCUT2D eigenvalue weighted by atomic mass is 127. The number of anilines is 1. The molecule has 1 aliphatic rings. The summed E-state index contributed by atoms with van der Waals surface area (Å²) in [6.07, 6.45) is 2.12. The van der Waals surface area contributed by atoms with E-state index in [-0.39, 0.29) is 24.0 Å². The first-order chi connectivity index (χ1) is 11.2. The van der Waals surface area contributed by atoms with Gasteiger partial charge in [0.2, 0.25) is 0 Å². The molecule has 1 heterocycles. The van der Waals surface area contributed by atoms with Gasteiger partial charge in [-0.25, -0.2) is 0 Å². The molecule has 0 amide bonds. The standard InChI is InChI=1S/C17H28N4OS.HI/c1-4-18-17(19-13-14(2)23-3)21-11-9-20(10-12-21)15-7-5-6-8-16(15)22;/h5-8,14,22H,4,9-13H2,1-3H3,(H,18,19);1H. The van der Waals surface area contributed by atoms with Crippen molar-refractivity contribution >= 4 is 47.4 Å². The summed E-state index contributed by atoms with van der Waals surface area (Å²) < 4.78 is 0. The van der Waals surface area contributed by atoms with Crippen LogP contribution in [0.5, 0.6) is 5.75 Å². The normalized spacial score (nSPS) is 16.5. The molecule has 7 heteroatoms. The first-order valence-corrected chi connectivity index (χ1v) is 9.53. The topological polar surface area (TPSA) is 51.1 Å². The van der Waals surface area contributed by atoms with E-state index in [0.717, 1.165) is 50.9 Å². The van der Waals surface area contributed by atoms with Gasteiger partial charge in [0.05, 0.1) is 12.2 Å². The van der Waals surface area contributed by atoms with Gasteiger partial charge in [0.25, 0.3) is 0 Å². The van der Waals surface area contributed by atoms with Crippen LogP contribution in [-0.2, 0) is 0 Å². The average molecular weight is 464 g/mol. The smallest absolute Gasteiger partial charge is 0.194 e. The van der Waals surface area contributed by atoms with Crippen molar-refractivity contribution in [3.05, 3.63) is 24.3 Å². The van der Waals surface area contributed by atoms with Gasteiger partial charge in [-0.05, 0) is 25.3 Å². The Balaban J connectivity index is 0.00000288. The zero-order valence-electron chi connectivity index (χ0n) is 14.7. The minimum atomic E-state index is 0. The van der Waals surface area contributed by atoms with Gasteiger partial charge in [0.1, 0.15) is 5.75 Å². The molecule has 1 aromatic carbocycles. The fourth-order valence-electron chi connectivity index (χ4n) is 2.61. The van der Waals surface area contributed by atoms with Crippen molar-refractivity contribution in [1.29, 1.82) is 0 Å². The molecule has 2 N–H and O–H groups in total. The summed E-state index contributed by atoms with van der Waals surface area (Å²) >= 11 is 1.84. The number of halogens is 1. The van der Waals surface area contributed by atoms with Crippen LogP contribution >= 0.6 is 35.7 Å². The highest BCUT2D eigenvalue weighted by Gasteiger charge is 2.21. The molecule has 0 radical (unpaired) electrons. The van der Waals surface area contributed by atoms with Gasteiger partial charge in [-0.2, -0.15) is 11.8 Å². The van der Waals surface area contributed by atoms with E-state index in [2.05, 4.69) is 35.2 Å². The number of piperazine rings is 1. The Morgan fingerprint density at radius 1 is 1.29 bits per heavy atom. The van der Waals surface area contributed by atoms with Crippen molar-refractivity contribution < 1.29 is 5.11 Å². The monoisotopic (exact) mass is 464 g/mol. The number of aliphatic imine (C=N–C) groups is 1. The largest absolute Gasteiger partial charge is 0.506 e. The van der Waals surface area contributed by atoms with E-state index in [1.807, 2.05) is 30.0 Å². The second-order valence-corrected chi connectivity index (χ2v) is 6.98. The Kier molecular flexibility index (Phi) is 9.65. The van der Waals surface area contributed by atoms with E-state index < -0.39 is 0 Å². The number of nitrogens with zero attached hydrogens (tertiary/aromatic N) is 3. The number of benzene rings is 1. The van der Waals surface area contributed by atoms with Crippen molar-refractivity contribution in [1.82, 2.24) is 10.2 Å². The number of phenols is 1. The summed E-state index contributed by atoms with van der Waals surface area (Å²) in [7, 11) is 0. The van der Waals surface area contributed by atoms with Gasteiger partial charge in [0.15, 0.2) is 5.96 Å². The zero-order chi connectivity index (χ0) is 16.7. The van der Waals surface area contributed by atoms with E-state index in [1.165, 1.54) is 0 Å². The average Bonchev–Trinajstić information content (AvgIpc) is 2.59. The van der Waals surface area contributed by atoms with Crippen molar-refractivity contribution in [2.45, 2.75) is 19.1 Å². The van der Waals surface area contributed by atoms with Crippen LogP contribution in [0.4, 0.5) is 5.69 Å². The third-order valence-corrected chi connectivity index (χ3v) is 4.99. The van der Waals surface area contributed by atoms with Gasteiger partial charge >= 0.3 is 0 Å². The summed E-state index contributed by atoms with van der Waals surface area (Å²) in [6.45, 7) is 9.62. The lowest BCUT2D eigenvalue weighted by atomic mass is 10.2. The summed E-state index contributed by atoms with van der Waals surface area (Å²) in [5.74, 6) is 1.36. The molecule has 136 valence electrons. The van der Waals surface area contributed by atoms with Crippen LogP contribution in [-0.4, -0.2) is 66.7 Å². The van der Waals surface area contributed by atoms with E-state index in [9.17, 15) is 5.11 Å². The molecular weight excluding hydrogens is 435 g/mol. The molecule has 24 heavy (non-hydrogen) atoms. The second kappa shape index (κ2) is 10.9. The predicted octanol–water partition coefficient (Wildman–Crippen LogP) is 2.85. The number of para-hydroxylation sites is 2. The lowest BCUT2D eigenvalue weighted by Crippen LogP contribution is -2.52. The third kappa shape index (κ3) is 5.91. The minimum absolute atomic E-state index is 0. The molecule has 1 aliphatic heterocycles. The van der Waals surface area contributed by atoms with Gasteiger partial charge < -0.3 is 20.2 Å². The highest BCUT2D eigenvalue weighted by molar-refractivity contribution is 14.0. The summed E-state index contributed by atoms with van der Waals surface area (Å²) in [4.78, 5) is 9.31. The summed E-state index contributed by atoms with van der Waals surface area (Å²) in [5.41, 5.74) is 0.921.